The molecular formula is C10H11ClN4O. The molecule has 0 saturated heterocycles. The van der Waals surface area contributed by atoms with E-state index in [4.69, 9.17) is 17.3 Å². The number of rotatable bonds is 2. The average Bonchev–Trinajstić information content (AvgIpc) is 2.62. The largest absolute Gasteiger partial charge is 0.369 e. The highest BCUT2D eigenvalue weighted by Crippen LogP contribution is 2.16. The smallest absolute Gasteiger partial charge is 0.328 e. The fourth-order valence-electron chi connectivity index (χ4n) is 1.49. The van der Waals surface area contributed by atoms with Gasteiger partial charge < -0.3 is 11.1 Å². The van der Waals surface area contributed by atoms with E-state index in [0.29, 0.717) is 23.5 Å². The van der Waals surface area contributed by atoms with Gasteiger partial charge in [-0.05, 0) is 12.1 Å². The van der Waals surface area contributed by atoms with E-state index < -0.39 is 0 Å². The van der Waals surface area contributed by atoms with Crippen LogP contribution < -0.4 is 11.1 Å². The highest BCUT2D eigenvalue weighted by Gasteiger charge is 2.13. The van der Waals surface area contributed by atoms with Gasteiger partial charge in [-0.25, -0.2) is 14.3 Å². The summed E-state index contributed by atoms with van der Waals surface area (Å²) in [5.41, 5.74) is 7.07. The van der Waals surface area contributed by atoms with Crippen molar-refractivity contribution >= 4 is 34.6 Å². The molecule has 2 aromatic rings. The molecule has 1 amide bonds. The average molecular weight is 239 g/mol. The summed E-state index contributed by atoms with van der Waals surface area (Å²) in [6, 6.07) is 6.95. The van der Waals surface area contributed by atoms with Crippen LogP contribution in [-0.4, -0.2) is 28.0 Å². The van der Waals surface area contributed by atoms with Crippen LogP contribution in [-0.2, 0) is 0 Å². The second-order valence-corrected chi connectivity index (χ2v) is 3.59. The Balaban J connectivity index is 2.43. The number of benzene rings is 1. The number of nitrogens with two attached hydrogens (primary N) is 1. The number of fused-ring (bicyclic) bond motifs is 1. The molecule has 0 spiro atoms. The zero-order valence-electron chi connectivity index (χ0n) is 8.48. The van der Waals surface area contributed by atoms with Crippen molar-refractivity contribution in [3.63, 3.8) is 0 Å². The molecule has 6 heteroatoms. The second-order valence-electron chi connectivity index (χ2n) is 3.22. The summed E-state index contributed by atoms with van der Waals surface area (Å²) in [7, 11) is 0. The Labute approximate surface area is 97.2 Å². The van der Waals surface area contributed by atoms with Gasteiger partial charge in [-0.15, -0.1) is 11.6 Å². The van der Waals surface area contributed by atoms with Gasteiger partial charge in [0.15, 0.2) is 0 Å². The number of nitrogens with zero attached hydrogens (tertiary/aromatic N) is 2. The van der Waals surface area contributed by atoms with E-state index in [9.17, 15) is 4.79 Å². The highest BCUT2D eigenvalue weighted by molar-refractivity contribution is 6.18. The lowest BCUT2D eigenvalue weighted by molar-refractivity contribution is 0.244. The minimum atomic E-state index is -0.313. The van der Waals surface area contributed by atoms with Crippen LogP contribution in [0.5, 0.6) is 0 Å². The first-order valence-corrected chi connectivity index (χ1v) is 5.34. The molecule has 84 valence electrons. The molecule has 16 heavy (non-hydrogen) atoms. The minimum Gasteiger partial charge on any atom is -0.369 e. The summed E-state index contributed by atoms with van der Waals surface area (Å²) in [6.45, 7) is 0.395. The summed E-state index contributed by atoms with van der Waals surface area (Å²) in [4.78, 5) is 15.9. The van der Waals surface area contributed by atoms with Crippen LogP contribution in [0.15, 0.2) is 24.3 Å². The Bertz CT molecular complexity index is 523. The van der Waals surface area contributed by atoms with Gasteiger partial charge in [-0.1, -0.05) is 12.1 Å². The number of amides is 1. The fraction of sp³-hybridized carbons (Fsp3) is 0.200. The maximum Gasteiger partial charge on any atom is 0.328 e. The van der Waals surface area contributed by atoms with Crippen LogP contribution in [0.1, 0.15) is 0 Å². The molecule has 0 bridgehead atoms. The Kier molecular flexibility index (Phi) is 2.96. The van der Waals surface area contributed by atoms with E-state index in [0.717, 1.165) is 0 Å². The van der Waals surface area contributed by atoms with Crippen molar-refractivity contribution in [2.75, 3.05) is 18.2 Å². The molecular weight excluding hydrogens is 228 g/mol. The van der Waals surface area contributed by atoms with Gasteiger partial charge in [0, 0.05) is 12.4 Å². The number of nitrogens with one attached hydrogen (secondary N) is 1. The number of anilines is 1. The highest BCUT2D eigenvalue weighted by atomic mass is 35.5. The van der Waals surface area contributed by atoms with E-state index in [2.05, 4.69) is 10.3 Å². The summed E-state index contributed by atoms with van der Waals surface area (Å²) >= 11 is 5.49. The molecule has 1 heterocycles. The number of carbonyl (C=O) groups is 1. The number of alkyl halides is 1. The Morgan fingerprint density at radius 2 is 2.25 bits per heavy atom. The first kappa shape index (κ1) is 10.8. The molecule has 0 unspecified atom stereocenters. The van der Waals surface area contributed by atoms with Gasteiger partial charge in [0.1, 0.15) is 0 Å². The summed E-state index contributed by atoms with van der Waals surface area (Å²) in [6.07, 6.45) is 0. The van der Waals surface area contributed by atoms with Crippen molar-refractivity contribution in [3.8, 4) is 0 Å². The zero-order chi connectivity index (χ0) is 11.5. The first-order valence-electron chi connectivity index (χ1n) is 4.81. The number of aromatic nitrogens is 2. The van der Waals surface area contributed by atoms with Crippen LogP contribution in [0.4, 0.5) is 10.7 Å². The van der Waals surface area contributed by atoms with Crippen molar-refractivity contribution in [1.29, 1.82) is 0 Å². The van der Waals surface area contributed by atoms with Crippen LogP contribution in [0.3, 0.4) is 0 Å². The molecule has 0 aliphatic heterocycles. The molecule has 2 rings (SSSR count). The molecule has 0 radical (unpaired) electrons. The van der Waals surface area contributed by atoms with Crippen LogP contribution in [0.2, 0.25) is 0 Å². The summed E-state index contributed by atoms with van der Waals surface area (Å²) in [5, 5.41) is 2.64. The Morgan fingerprint density at radius 1 is 1.50 bits per heavy atom. The standard InChI is InChI=1S/C10H11ClN4O/c11-5-6-13-10(16)15-8-4-2-1-3-7(8)14-9(15)12/h1-4H,5-6H2,(H2,12,14)(H,13,16). The van der Waals surface area contributed by atoms with E-state index >= 15 is 0 Å². The number of carbonyl (C=O) groups excluding carboxylic acids is 1. The van der Waals surface area contributed by atoms with Crippen LogP contribution in [0.25, 0.3) is 11.0 Å². The monoisotopic (exact) mass is 238 g/mol. The van der Waals surface area contributed by atoms with Gasteiger partial charge in [0.05, 0.1) is 11.0 Å². The first-order chi connectivity index (χ1) is 7.74. The zero-order valence-corrected chi connectivity index (χ0v) is 9.24. The SMILES string of the molecule is Nc1nc2ccccc2n1C(=O)NCCCl. The van der Waals surface area contributed by atoms with E-state index in [1.165, 1.54) is 4.57 Å². The Hall–Kier alpha value is -1.75. The third-order valence-electron chi connectivity index (χ3n) is 2.16. The lowest BCUT2D eigenvalue weighted by atomic mass is 10.3. The topological polar surface area (TPSA) is 72.9 Å². The fourth-order valence-corrected chi connectivity index (χ4v) is 1.59. The molecule has 0 aliphatic carbocycles. The van der Waals surface area contributed by atoms with Gasteiger partial charge in [0.25, 0.3) is 0 Å². The van der Waals surface area contributed by atoms with Crippen LogP contribution >= 0.6 is 11.6 Å². The van der Waals surface area contributed by atoms with Gasteiger partial charge in [-0.2, -0.15) is 0 Å². The predicted octanol–water partition coefficient (Wildman–Crippen LogP) is 1.42. The van der Waals surface area contributed by atoms with Crippen molar-refractivity contribution in [3.05, 3.63) is 24.3 Å². The third-order valence-corrected chi connectivity index (χ3v) is 2.35. The molecule has 1 aromatic heterocycles. The lowest BCUT2D eigenvalue weighted by Gasteiger charge is -2.05. The van der Waals surface area contributed by atoms with E-state index in [1.54, 1.807) is 12.1 Å². The molecule has 0 aliphatic rings. The van der Waals surface area contributed by atoms with Crippen molar-refractivity contribution in [2.24, 2.45) is 0 Å². The second kappa shape index (κ2) is 4.40. The van der Waals surface area contributed by atoms with E-state index in [1.807, 2.05) is 12.1 Å². The predicted molar refractivity (Wildman–Crippen MR) is 63.7 cm³/mol. The van der Waals surface area contributed by atoms with Gasteiger partial charge in [0.2, 0.25) is 5.95 Å². The van der Waals surface area contributed by atoms with Crippen molar-refractivity contribution in [2.45, 2.75) is 0 Å². The van der Waals surface area contributed by atoms with Crippen molar-refractivity contribution in [1.82, 2.24) is 14.9 Å². The molecule has 0 saturated carbocycles. The Morgan fingerprint density at radius 3 is 3.00 bits per heavy atom. The molecule has 1 aromatic carbocycles. The summed E-state index contributed by atoms with van der Waals surface area (Å²) < 4.78 is 1.34. The maximum absolute atomic E-state index is 11.8. The number of imidazole rings is 1. The quantitative estimate of drug-likeness (QED) is 0.777. The molecule has 3 N–H and O–H groups in total. The third kappa shape index (κ3) is 1.81. The van der Waals surface area contributed by atoms with Crippen molar-refractivity contribution < 1.29 is 4.79 Å². The molecule has 0 atom stereocenters. The van der Waals surface area contributed by atoms with Gasteiger partial charge in [-0.3, -0.25) is 0 Å². The molecule has 0 fully saturated rings. The minimum absolute atomic E-state index is 0.174. The maximum atomic E-state index is 11.8. The van der Waals surface area contributed by atoms with E-state index in [-0.39, 0.29) is 12.0 Å². The summed E-state index contributed by atoms with van der Waals surface area (Å²) in [5.74, 6) is 0.534. The number of halogens is 1. The number of para-hydroxylation sites is 2. The number of hydrogen-bond donors (Lipinski definition) is 2. The normalized spacial score (nSPS) is 10.6. The van der Waals surface area contributed by atoms with Crippen LogP contribution in [0, 0.1) is 0 Å². The number of hydrogen-bond acceptors (Lipinski definition) is 3. The number of nitrogen functional groups attached to an aromatic ring is 1. The lowest BCUT2D eigenvalue weighted by Crippen LogP contribution is -2.30. The molecule has 5 nitrogen and oxygen atoms in total. The van der Waals surface area contributed by atoms with Gasteiger partial charge >= 0.3 is 6.03 Å².